The number of carbonyl (C=O) groups excluding carboxylic acids is 2. The van der Waals surface area contributed by atoms with Gasteiger partial charge in [-0.25, -0.2) is 0 Å². The van der Waals surface area contributed by atoms with Gasteiger partial charge >= 0.3 is 0 Å². The van der Waals surface area contributed by atoms with Crippen molar-refractivity contribution in [3.05, 3.63) is 27.7 Å². The highest BCUT2D eigenvalue weighted by Crippen LogP contribution is 2.38. The summed E-state index contributed by atoms with van der Waals surface area (Å²) in [5, 5.41) is 2.26. The molecule has 2 amide bonds. The summed E-state index contributed by atoms with van der Waals surface area (Å²) in [4.78, 5) is 22.7. The molecule has 0 radical (unpaired) electrons. The van der Waals surface area contributed by atoms with E-state index in [1.165, 1.54) is 0 Å². The highest BCUT2D eigenvalue weighted by molar-refractivity contribution is 9.10. The summed E-state index contributed by atoms with van der Waals surface area (Å²) in [6.07, 6.45) is 2.64. The summed E-state index contributed by atoms with van der Waals surface area (Å²) in [5.41, 5.74) is 1.25. The molecular formula is C14H12BrNO4. The van der Waals surface area contributed by atoms with Gasteiger partial charge in [0.25, 0.3) is 5.91 Å². The Kier molecular flexibility index (Phi) is 3.48. The third-order valence-electron chi connectivity index (χ3n) is 3.06. The van der Waals surface area contributed by atoms with Gasteiger partial charge in [-0.3, -0.25) is 14.9 Å². The number of benzene rings is 1. The van der Waals surface area contributed by atoms with E-state index in [0.717, 1.165) is 16.5 Å². The zero-order chi connectivity index (χ0) is 14.1. The van der Waals surface area contributed by atoms with Gasteiger partial charge in [0.1, 0.15) is 0 Å². The second-order valence-corrected chi connectivity index (χ2v) is 5.46. The summed E-state index contributed by atoms with van der Waals surface area (Å²) < 4.78 is 12.0. The van der Waals surface area contributed by atoms with Gasteiger partial charge in [-0.2, -0.15) is 0 Å². The molecule has 2 heterocycles. The second-order valence-electron chi connectivity index (χ2n) is 4.60. The Labute approximate surface area is 124 Å². The molecule has 2 aliphatic heterocycles. The van der Waals surface area contributed by atoms with Gasteiger partial charge in [0, 0.05) is 12.0 Å². The predicted molar refractivity (Wildman–Crippen MR) is 75.5 cm³/mol. The lowest BCUT2D eigenvalue weighted by Crippen LogP contribution is -2.19. The average Bonchev–Trinajstić information content (AvgIpc) is 2.61. The summed E-state index contributed by atoms with van der Waals surface area (Å²) in [7, 11) is 0. The molecule has 104 valence electrons. The van der Waals surface area contributed by atoms with Crippen LogP contribution >= 0.6 is 15.9 Å². The van der Waals surface area contributed by atoms with Gasteiger partial charge in [-0.05, 0) is 39.7 Å². The zero-order valence-electron chi connectivity index (χ0n) is 10.6. The van der Waals surface area contributed by atoms with E-state index in [1.807, 2.05) is 12.1 Å². The van der Waals surface area contributed by atoms with Crippen molar-refractivity contribution < 1.29 is 19.1 Å². The van der Waals surface area contributed by atoms with Crippen molar-refractivity contribution in [1.82, 2.24) is 5.32 Å². The molecule has 0 unspecified atom stereocenters. The molecule has 0 aliphatic carbocycles. The lowest BCUT2D eigenvalue weighted by atomic mass is 10.1. The van der Waals surface area contributed by atoms with E-state index in [0.29, 0.717) is 30.3 Å². The molecular weight excluding hydrogens is 326 g/mol. The lowest BCUT2D eigenvalue weighted by Gasteiger charge is -2.10. The van der Waals surface area contributed by atoms with Crippen LogP contribution in [0.25, 0.3) is 6.08 Å². The molecule has 1 N–H and O–H groups in total. The maximum Gasteiger partial charge on any atom is 0.254 e. The summed E-state index contributed by atoms with van der Waals surface area (Å²) in [5.74, 6) is 0.720. The van der Waals surface area contributed by atoms with Gasteiger partial charge < -0.3 is 9.47 Å². The fraction of sp³-hybridized carbons (Fsp3) is 0.286. The van der Waals surface area contributed by atoms with Crippen LogP contribution in [0.3, 0.4) is 0 Å². The van der Waals surface area contributed by atoms with Gasteiger partial charge in [0.2, 0.25) is 5.91 Å². The quantitative estimate of drug-likeness (QED) is 0.629. The van der Waals surface area contributed by atoms with Gasteiger partial charge in [0.05, 0.1) is 24.1 Å². The molecule has 0 aromatic heterocycles. The predicted octanol–water partition coefficient (Wildman–Crippen LogP) is 2.04. The van der Waals surface area contributed by atoms with Crippen molar-refractivity contribution in [2.45, 2.75) is 12.8 Å². The van der Waals surface area contributed by atoms with Crippen LogP contribution < -0.4 is 14.8 Å². The van der Waals surface area contributed by atoms with Crippen molar-refractivity contribution in [3.63, 3.8) is 0 Å². The van der Waals surface area contributed by atoms with Crippen molar-refractivity contribution in [2.75, 3.05) is 13.2 Å². The molecule has 2 aliphatic rings. The number of hydrogen-bond acceptors (Lipinski definition) is 4. The Balaban J connectivity index is 1.97. The number of nitrogens with one attached hydrogen (secondary N) is 1. The van der Waals surface area contributed by atoms with Crippen LogP contribution in [-0.4, -0.2) is 25.0 Å². The first-order valence-corrected chi connectivity index (χ1v) is 7.06. The van der Waals surface area contributed by atoms with Gasteiger partial charge in [0.15, 0.2) is 11.5 Å². The van der Waals surface area contributed by atoms with Crippen LogP contribution in [0.5, 0.6) is 11.5 Å². The molecule has 20 heavy (non-hydrogen) atoms. The average molecular weight is 338 g/mol. The van der Waals surface area contributed by atoms with E-state index >= 15 is 0 Å². The van der Waals surface area contributed by atoms with Crippen molar-refractivity contribution in [2.24, 2.45) is 0 Å². The van der Waals surface area contributed by atoms with Crippen molar-refractivity contribution >= 4 is 33.8 Å². The number of ether oxygens (including phenoxy) is 2. The molecule has 1 fully saturated rings. The third kappa shape index (κ3) is 2.56. The van der Waals surface area contributed by atoms with Crippen LogP contribution in [0.15, 0.2) is 22.2 Å². The number of halogens is 1. The Morgan fingerprint density at radius 1 is 1.20 bits per heavy atom. The maximum atomic E-state index is 11.5. The lowest BCUT2D eigenvalue weighted by molar-refractivity contribution is -0.124. The molecule has 1 aromatic rings. The molecule has 1 aromatic carbocycles. The van der Waals surface area contributed by atoms with E-state index in [4.69, 9.17) is 9.47 Å². The third-order valence-corrected chi connectivity index (χ3v) is 3.65. The largest absolute Gasteiger partial charge is 0.489 e. The van der Waals surface area contributed by atoms with E-state index < -0.39 is 0 Å². The highest BCUT2D eigenvalue weighted by Gasteiger charge is 2.24. The highest BCUT2D eigenvalue weighted by atomic mass is 79.9. The van der Waals surface area contributed by atoms with Crippen LogP contribution in [0.1, 0.15) is 18.4 Å². The van der Waals surface area contributed by atoms with Crippen LogP contribution in [-0.2, 0) is 9.59 Å². The number of rotatable bonds is 1. The topological polar surface area (TPSA) is 64.6 Å². The van der Waals surface area contributed by atoms with Crippen molar-refractivity contribution in [1.29, 1.82) is 0 Å². The Morgan fingerprint density at radius 2 is 2.00 bits per heavy atom. The number of imide groups is 1. The fourth-order valence-electron chi connectivity index (χ4n) is 2.16. The molecule has 1 saturated heterocycles. The van der Waals surface area contributed by atoms with Crippen LogP contribution in [0.4, 0.5) is 0 Å². The first-order chi connectivity index (χ1) is 9.63. The monoisotopic (exact) mass is 337 g/mol. The van der Waals surface area contributed by atoms with E-state index in [-0.39, 0.29) is 18.2 Å². The zero-order valence-corrected chi connectivity index (χ0v) is 12.2. The van der Waals surface area contributed by atoms with Crippen LogP contribution in [0, 0.1) is 0 Å². The number of amides is 2. The van der Waals surface area contributed by atoms with Gasteiger partial charge in [-0.15, -0.1) is 0 Å². The Bertz CT molecular complexity index is 624. The Hall–Kier alpha value is -1.82. The normalized spacial score (nSPS) is 19.9. The minimum atomic E-state index is -0.335. The minimum Gasteiger partial charge on any atom is -0.489 e. The number of fused-ring (bicyclic) bond motifs is 1. The molecule has 0 saturated carbocycles. The minimum absolute atomic E-state index is 0.116. The fourth-order valence-corrected chi connectivity index (χ4v) is 2.73. The van der Waals surface area contributed by atoms with Gasteiger partial charge in [-0.1, -0.05) is 0 Å². The smallest absolute Gasteiger partial charge is 0.254 e. The molecule has 6 heteroatoms. The van der Waals surface area contributed by atoms with E-state index in [2.05, 4.69) is 21.2 Å². The SMILES string of the molecule is O=C1CC(=Cc2cc(Br)c3c(c2)OCCCO3)C(=O)N1. The van der Waals surface area contributed by atoms with E-state index in [9.17, 15) is 9.59 Å². The summed E-state index contributed by atoms with van der Waals surface area (Å²) >= 11 is 3.44. The molecule has 0 atom stereocenters. The standard InChI is InChI=1S/C14H12BrNO4/c15-10-5-8(4-9-7-12(17)16-14(9)18)6-11-13(10)20-3-1-2-19-11/h4-6H,1-3,7H2,(H,16,17,18). The summed E-state index contributed by atoms with van der Waals surface area (Å²) in [6.45, 7) is 1.21. The number of hydrogen-bond donors (Lipinski definition) is 1. The second kappa shape index (κ2) is 5.28. The van der Waals surface area contributed by atoms with Crippen molar-refractivity contribution in [3.8, 4) is 11.5 Å². The van der Waals surface area contributed by atoms with Crippen LogP contribution in [0.2, 0.25) is 0 Å². The first-order valence-electron chi connectivity index (χ1n) is 6.27. The molecule has 0 spiro atoms. The Morgan fingerprint density at radius 3 is 2.75 bits per heavy atom. The maximum absolute atomic E-state index is 11.5. The summed E-state index contributed by atoms with van der Waals surface area (Å²) in [6, 6.07) is 3.66. The molecule has 5 nitrogen and oxygen atoms in total. The van der Waals surface area contributed by atoms with E-state index in [1.54, 1.807) is 6.08 Å². The number of carbonyl (C=O) groups is 2. The molecule has 0 bridgehead atoms. The first kappa shape index (κ1) is 13.2. The molecule has 3 rings (SSSR count).